The van der Waals surface area contributed by atoms with Gasteiger partial charge in [0.1, 0.15) is 11.5 Å². The Kier molecular flexibility index (Phi) is 5.26. The van der Waals surface area contributed by atoms with Gasteiger partial charge in [0.05, 0.1) is 17.4 Å². The summed E-state index contributed by atoms with van der Waals surface area (Å²) in [7, 11) is 0. The van der Waals surface area contributed by atoms with Gasteiger partial charge in [-0.15, -0.1) is 0 Å². The predicted molar refractivity (Wildman–Crippen MR) is 144 cm³/mol. The maximum absolute atomic E-state index is 5.01. The molecule has 0 bridgehead atoms. The van der Waals surface area contributed by atoms with Gasteiger partial charge in [-0.1, -0.05) is 19.3 Å². The van der Waals surface area contributed by atoms with Crippen molar-refractivity contribution in [3.05, 3.63) is 36.3 Å². The number of fused-ring (bicyclic) bond motifs is 4. The minimum atomic E-state index is 0.149. The Bertz CT molecular complexity index is 1250. The maximum Gasteiger partial charge on any atom is 0.230 e. The summed E-state index contributed by atoms with van der Waals surface area (Å²) < 4.78 is 2.53. The second kappa shape index (κ2) is 8.42. The first-order valence-electron chi connectivity index (χ1n) is 13.8. The molecule has 1 spiro atoms. The minimum absolute atomic E-state index is 0.149. The lowest BCUT2D eigenvalue weighted by Crippen LogP contribution is -2.60. The molecule has 3 fully saturated rings. The van der Waals surface area contributed by atoms with Crippen molar-refractivity contribution < 1.29 is 0 Å². The van der Waals surface area contributed by atoms with Gasteiger partial charge in [-0.05, 0) is 57.7 Å². The highest BCUT2D eigenvalue weighted by Gasteiger charge is 2.42. The molecule has 8 heteroatoms. The number of hydrogen-bond donors (Lipinski definition) is 2. The summed E-state index contributed by atoms with van der Waals surface area (Å²) in [6.45, 7) is 9.91. The van der Waals surface area contributed by atoms with Gasteiger partial charge in [0.2, 0.25) is 5.95 Å². The summed E-state index contributed by atoms with van der Waals surface area (Å²) in [5.74, 6) is 1.40. The first kappa shape index (κ1) is 22.5. The Balaban J connectivity index is 1.11. The monoisotopic (exact) mass is 486 g/mol. The smallest absolute Gasteiger partial charge is 0.230 e. The number of rotatable bonds is 4. The van der Waals surface area contributed by atoms with Crippen LogP contribution in [0.15, 0.2) is 30.6 Å². The van der Waals surface area contributed by atoms with Gasteiger partial charge in [0.15, 0.2) is 0 Å². The predicted octanol–water partition coefficient (Wildman–Crippen LogP) is 4.40. The average molecular weight is 487 g/mol. The SMILES string of the molecule is CC1(C)CN(c2ccc(Nc3ncc4cc5n(c4n3)C3(CCCCC3)CNC5)nc2)CCN1C1CC1. The van der Waals surface area contributed by atoms with Crippen molar-refractivity contribution in [3.8, 4) is 0 Å². The summed E-state index contributed by atoms with van der Waals surface area (Å²) in [4.78, 5) is 19.6. The van der Waals surface area contributed by atoms with Crippen molar-refractivity contribution in [1.29, 1.82) is 0 Å². The van der Waals surface area contributed by atoms with Crippen LogP contribution >= 0.6 is 0 Å². The van der Waals surface area contributed by atoms with Crippen LogP contribution in [-0.2, 0) is 12.1 Å². The summed E-state index contributed by atoms with van der Waals surface area (Å²) in [5, 5.41) is 8.16. The van der Waals surface area contributed by atoms with Gasteiger partial charge in [0.25, 0.3) is 0 Å². The zero-order chi connectivity index (χ0) is 24.3. The fraction of sp³-hybridized carbons (Fsp3) is 0.607. The molecule has 0 atom stereocenters. The summed E-state index contributed by atoms with van der Waals surface area (Å²) in [5.41, 5.74) is 3.92. The van der Waals surface area contributed by atoms with Crippen LogP contribution in [0.2, 0.25) is 0 Å². The molecule has 0 radical (unpaired) electrons. The zero-order valence-electron chi connectivity index (χ0n) is 21.6. The lowest BCUT2D eigenvalue weighted by molar-refractivity contribution is 0.0957. The number of nitrogens with zero attached hydrogens (tertiary/aromatic N) is 6. The Morgan fingerprint density at radius 1 is 1.03 bits per heavy atom. The first-order valence-corrected chi connectivity index (χ1v) is 13.8. The summed E-state index contributed by atoms with van der Waals surface area (Å²) >= 11 is 0. The third kappa shape index (κ3) is 3.86. The lowest BCUT2D eigenvalue weighted by Gasteiger charge is -2.48. The molecule has 2 N–H and O–H groups in total. The molecule has 190 valence electrons. The van der Waals surface area contributed by atoms with Crippen LogP contribution in [0.5, 0.6) is 0 Å². The van der Waals surface area contributed by atoms with Crippen LogP contribution in [0, 0.1) is 0 Å². The second-order valence-electron chi connectivity index (χ2n) is 12.0. The third-order valence-corrected chi connectivity index (χ3v) is 8.94. The Labute approximate surface area is 213 Å². The van der Waals surface area contributed by atoms with E-state index in [0.717, 1.165) is 55.6 Å². The van der Waals surface area contributed by atoms with Crippen molar-refractivity contribution in [1.82, 2.24) is 29.7 Å². The van der Waals surface area contributed by atoms with E-state index in [0.29, 0.717) is 5.95 Å². The van der Waals surface area contributed by atoms with Crippen molar-refractivity contribution in [2.24, 2.45) is 0 Å². The van der Waals surface area contributed by atoms with Crippen LogP contribution in [-0.4, -0.2) is 62.2 Å². The van der Waals surface area contributed by atoms with Crippen molar-refractivity contribution >= 4 is 28.5 Å². The molecular weight excluding hydrogens is 448 g/mol. The second-order valence-corrected chi connectivity index (χ2v) is 12.0. The van der Waals surface area contributed by atoms with Gasteiger partial charge in [0, 0.05) is 61.6 Å². The molecule has 0 aromatic carbocycles. The van der Waals surface area contributed by atoms with E-state index < -0.39 is 0 Å². The van der Waals surface area contributed by atoms with E-state index in [1.807, 2.05) is 12.4 Å². The van der Waals surface area contributed by atoms with Crippen molar-refractivity contribution in [3.63, 3.8) is 0 Å². The maximum atomic E-state index is 5.01. The molecule has 3 aromatic heterocycles. The van der Waals surface area contributed by atoms with E-state index in [1.165, 1.54) is 56.3 Å². The van der Waals surface area contributed by atoms with Crippen molar-refractivity contribution in [2.45, 2.75) is 82.5 Å². The molecule has 3 aromatic rings. The zero-order valence-corrected chi connectivity index (χ0v) is 21.6. The molecule has 8 nitrogen and oxygen atoms in total. The van der Waals surface area contributed by atoms with Gasteiger partial charge in [-0.25, -0.2) is 9.97 Å². The number of piperazine rings is 1. The molecule has 36 heavy (non-hydrogen) atoms. The molecule has 1 saturated heterocycles. The molecule has 2 saturated carbocycles. The van der Waals surface area contributed by atoms with Gasteiger partial charge < -0.3 is 20.1 Å². The number of aromatic nitrogens is 4. The van der Waals surface area contributed by atoms with Gasteiger partial charge in [-0.3, -0.25) is 4.90 Å². The fourth-order valence-electron chi connectivity index (χ4n) is 7.09. The van der Waals surface area contributed by atoms with Crippen LogP contribution in [0.3, 0.4) is 0 Å². The highest BCUT2D eigenvalue weighted by atomic mass is 15.3. The highest BCUT2D eigenvalue weighted by Crippen LogP contribution is 2.40. The average Bonchev–Trinajstić information content (AvgIpc) is 3.64. The number of nitrogens with one attached hydrogen (secondary N) is 2. The first-order chi connectivity index (χ1) is 17.5. The van der Waals surface area contributed by atoms with Crippen LogP contribution < -0.4 is 15.5 Å². The van der Waals surface area contributed by atoms with Gasteiger partial charge >= 0.3 is 0 Å². The van der Waals surface area contributed by atoms with E-state index in [2.05, 4.69) is 62.0 Å². The molecule has 2 aliphatic heterocycles. The molecule has 4 aliphatic rings. The summed E-state index contributed by atoms with van der Waals surface area (Å²) in [6, 6.07) is 7.31. The molecule has 7 rings (SSSR count). The Morgan fingerprint density at radius 2 is 1.89 bits per heavy atom. The molecular formula is C28H38N8. The Morgan fingerprint density at radius 3 is 2.64 bits per heavy atom. The van der Waals surface area contributed by atoms with E-state index in [9.17, 15) is 0 Å². The van der Waals surface area contributed by atoms with E-state index in [1.54, 1.807) is 0 Å². The third-order valence-electron chi connectivity index (χ3n) is 8.94. The van der Waals surface area contributed by atoms with E-state index in [4.69, 9.17) is 9.97 Å². The number of hydrogen-bond acceptors (Lipinski definition) is 7. The van der Waals surface area contributed by atoms with Crippen molar-refractivity contribution in [2.75, 3.05) is 36.4 Å². The highest BCUT2D eigenvalue weighted by molar-refractivity contribution is 5.78. The molecule has 5 heterocycles. The lowest BCUT2D eigenvalue weighted by atomic mass is 9.80. The molecule has 0 amide bonds. The summed E-state index contributed by atoms with van der Waals surface area (Å²) in [6.07, 6.45) is 13.0. The standard InChI is InChI=1S/C28H38N8/c1-27(2)19-34(12-13-35(27)21-6-7-21)22-8-9-24(30-17-22)32-26-31-15-20-14-23-16-29-18-28(10-4-3-5-11-28)36(23)25(20)33-26/h8-9,14-15,17,21,29H,3-7,10-13,16,18-19H2,1-2H3,(H,30,31,32,33). The van der Waals surface area contributed by atoms with Gasteiger partial charge in [-0.2, -0.15) is 4.98 Å². The van der Waals surface area contributed by atoms with Crippen LogP contribution in [0.4, 0.5) is 17.5 Å². The number of anilines is 3. The quantitative estimate of drug-likeness (QED) is 0.566. The number of pyridine rings is 1. The fourth-order valence-corrected chi connectivity index (χ4v) is 7.09. The molecule has 2 aliphatic carbocycles. The topological polar surface area (TPSA) is 74.1 Å². The van der Waals surface area contributed by atoms with E-state index in [-0.39, 0.29) is 11.1 Å². The largest absolute Gasteiger partial charge is 0.367 e. The normalized spacial score (nSPS) is 23.7. The van der Waals surface area contributed by atoms with Crippen LogP contribution in [0.1, 0.15) is 64.5 Å². The Hall–Kier alpha value is -2.71. The minimum Gasteiger partial charge on any atom is -0.367 e. The van der Waals surface area contributed by atoms with E-state index >= 15 is 0 Å². The van der Waals surface area contributed by atoms with Crippen LogP contribution in [0.25, 0.3) is 11.0 Å². The molecule has 0 unspecified atom stereocenters.